The summed E-state index contributed by atoms with van der Waals surface area (Å²) >= 11 is 0. The number of hydrogen-bond acceptors (Lipinski definition) is 11. The molecule has 2 aromatic carbocycles. The second-order valence-electron chi connectivity index (χ2n) is 16.9. The van der Waals surface area contributed by atoms with Crippen LogP contribution in [0.4, 0.5) is 0 Å². The van der Waals surface area contributed by atoms with E-state index in [4.69, 9.17) is 17.2 Å². The third-order valence-corrected chi connectivity index (χ3v) is 11.7. The molecule has 0 aliphatic heterocycles. The lowest BCUT2D eigenvalue weighted by Crippen LogP contribution is -2.47. The molecule has 62 heavy (non-hydrogen) atoms. The van der Waals surface area contributed by atoms with E-state index in [9.17, 15) is 38.8 Å². The standard InChI is InChI=1S/C48H76BN5O8/c1-4-6-14-35-20-22-37(23-21-35)38-24-26-39(27-25-38)44(56)19-13-16-41(55)32-40(15-7-10-28-50)48(60)54-43(18-9-12-30-52)46(58)33-36(5-2)47(59)53-42(17-8-11-29-51)45(57)31-34(3)49(61)62/h20-27,34,36,40,42-43,61-62H,4-19,28-33,50-52H2,1-3H3,(H,53,59)(H,54,60)/t34-,36-,40-,42+,43+/m1/s1. The van der Waals surface area contributed by atoms with Gasteiger partial charge in [0.05, 0.1) is 12.1 Å². The van der Waals surface area contributed by atoms with E-state index in [1.54, 1.807) is 6.92 Å². The summed E-state index contributed by atoms with van der Waals surface area (Å²) in [6.45, 7) is 6.73. The highest BCUT2D eigenvalue weighted by atomic mass is 16.4. The van der Waals surface area contributed by atoms with Crippen LogP contribution in [0.3, 0.4) is 0 Å². The minimum absolute atomic E-state index is 0.0360. The van der Waals surface area contributed by atoms with Gasteiger partial charge in [-0.3, -0.25) is 28.8 Å². The number of nitrogens with two attached hydrogens (primary N) is 3. The van der Waals surface area contributed by atoms with Crippen LogP contribution in [0.25, 0.3) is 11.1 Å². The van der Waals surface area contributed by atoms with Crippen LogP contribution in [0.5, 0.6) is 0 Å². The van der Waals surface area contributed by atoms with Crippen molar-refractivity contribution in [2.24, 2.45) is 29.0 Å². The predicted molar refractivity (Wildman–Crippen MR) is 247 cm³/mol. The Morgan fingerprint density at radius 1 is 0.597 bits per heavy atom. The molecule has 0 spiro atoms. The third kappa shape index (κ3) is 20.4. The van der Waals surface area contributed by atoms with Crippen molar-refractivity contribution < 1.29 is 38.8 Å². The number of Topliss-reactive ketones (excluding diaryl/α,β-unsaturated/α-hetero) is 4. The molecule has 0 bridgehead atoms. The highest BCUT2D eigenvalue weighted by molar-refractivity contribution is 6.43. The largest absolute Gasteiger partial charge is 0.454 e. The molecular formula is C48H76BN5O8. The van der Waals surface area contributed by atoms with Gasteiger partial charge in [-0.05, 0) is 119 Å². The molecule has 5 atom stereocenters. The van der Waals surface area contributed by atoms with Crippen LogP contribution in [0.2, 0.25) is 5.82 Å². The lowest BCUT2D eigenvalue weighted by molar-refractivity contribution is -0.135. The van der Waals surface area contributed by atoms with E-state index in [1.165, 1.54) is 12.5 Å². The Morgan fingerprint density at radius 3 is 1.60 bits per heavy atom. The molecule has 0 aromatic heterocycles. The SMILES string of the molecule is CCCCc1ccc(-c2ccc(C(=O)CCCC(=O)C[C@@H](CCCCN)C(=O)N[C@@H](CCCCN)C(=O)C[C@@H](CC)C(=O)N[C@@H](CCCCN)C(=O)C[C@@H](C)B(O)O)cc2)cc1. The Morgan fingerprint density at radius 2 is 1.10 bits per heavy atom. The maximum absolute atomic E-state index is 13.9. The van der Waals surface area contributed by atoms with Crippen LogP contribution in [0, 0.1) is 11.8 Å². The quantitative estimate of drug-likeness (QED) is 0.0248. The smallest absolute Gasteiger partial charge is 0.427 e. The highest BCUT2D eigenvalue weighted by Crippen LogP contribution is 2.23. The zero-order valence-electron chi connectivity index (χ0n) is 37.7. The second-order valence-corrected chi connectivity index (χ2v) is 16.9. The first-order valence-corrected chi connectivity index (χ1v) is 23.1. The molecule has 2 amide bonds. The van der Waals surface area contributed by atoms with Gasteiger partial charge in [0.25, 0.3) is 0 Å². The number of ketones is 4. The number of rotatable bonds is 35. The van der Waals surface area contributed by atoms with Crippen molar-refractivity contribution in [2.75, 3.05) is 19.6 Å². The van der Waals surface area contributed by atoms with E-state index in [2.05, 4.69) is 41.8 Å². The molecule has 2 rings (SSSR count). The molecule has 0 aliphatic carbocycles. The summed E-state index contributed by atoms with van der Waals surface area (Å²) in [6.07, 6.45) is 8.68. The average molecular weight is 862 g/mol. The molecule has 0 saturated heterocycles. The Labute approximate surface area is 370 Å². The number of amides is 2. The predicted octanol–water partition coefficient (Wildman–Crippen LogP) is 5.79. The molecule has 0 saturated carbocycles. The first-order chi connectivity index (χ1) is 29.8. The number of nitrogens with one attached hydrogen (secondary N) is 2. The van der Waals surface area contributed by atoms with Gasteiger partial charge >= 0.3 is 7.12 Å². The summed E-state index contributed by atoms with van der Waals surface area (Å²) in [5.41, 5.74) is 21.1. The average Bonchev–Trinajstić information content (AvgIpc) is 3.26. The van der Waals surface area contributed by atoms with E-state index in [0.717, 1.165) is 30.4 Å². The van der Waals surface area contributed by atoms with Crippen molar-refractivity contribution in [2.45, 2.75) is 161 Å². The number of unbranched alkanes of at least 4 members (excludes halogenated alkanes) is 4. The highest BCUT2D eigenvalue weighted by Gasteiger charge is 2.32. The lowest BCUT2D eigenvalue weighted by Gasteiger charge is -2.25. The van der Waals surface area contributed by atoms with Crippen LogP contribution in [-0.4, -0.2) is 83.8 Å². The summed E-state index contributed by atoms with van der Waals surface area (Å²) in [5, 5.41) is 24.8. The molecule has 0 aliphatic rings. The first kappa shape index (κ1) is 54.1. The molecule has 2 aromatic rings. The van der Waals surface area contributed by atoms with E-state index in [-0.39, 0.29) is 55.2 Å². The summed E-state index contributed by atoms with van der Waals surface area (Å²) in [5.74, 6) is -3.97. The number of benzene rings is 2. The van der Waals surface area contributed by atoms with Crippen molar-refractivity contribution in [1.29, 1.82) is 0 Å². The van der Waals surface area contributed by atoms with Gasteiger partial charge < -0.3 is 37.9 Å². The van der Waals surface area contributed by atoms with Gasteiger partial charge in [0.1, 0.15) is 5.78 Å². The molecule has 0 heterocycles. The monoisotopic (exact) mass is 862 g/mol. The van der Waals surface area contributed by atoms with E-state index in [0.29, 0.717) is 95.8 Å². The fraction of sp³-hybridized carbons (Fsp3) is 0.625. The van der Waals surface area contributed by atoms with Gasteiger partial charge in [-0.15, -0.1) is 0 Å². The number of carbonyl (C=O) groups is 6. The van der Waals surface area contributed by atoms with Crippen molar-refractivity contribution in [1.82, 2.24) is 10.6 Å². The van der Waals surface area contributed by atoms with Gasteiger partial charge in [-0.25, -0.2) is 0 Å². The fourth-order valence-electron chi connectivity index (χ4n) is 7.49. The molecule has 13 nitrogen and oxygen atoms in total. The molecule has 0 radical (unpaired) electrons. The zero-order chi connectivity index (χ0) is 45.9. The van der Waals surface area contributed by atoms with Crippen LogP contribution in [-0.2, 0) is 30.4 Å². The topological polar surface area (TPSA) is 245 Å². The molecular weight excluding hydrogens is 785 g/mol. The molecule has 14 heteroatoms. The number of hydrogen-bond donors (Lipinski definition) is 7. The maximum Gasteiger partial charge on any atom is 0.454 e. The summed E-state index contributed by atoms with van der Waals surface area (Å²) in [7, 11) is -1.68. The van der Waals surface area contributed by atoms with Gasteiger partial charge in [-0.1, -0.05) is 82.1 Å². The van der Waals surface area contributed by atoms with E-state index >= 15 is 0 Å². The lowest BCUT2D eigenvalue weighted by atomic mass is 9.71. The summed E-state index contributed by atoms with van der Waals surface area (Å²) in [4.78, 5) is 80.8. The zero-order valence-corrected chi connectivity index (χ0v) is 37.7. The van der Waals surface area contributed by atoms with Crippen LogP contribution >= 0.6 is 0 Å². The van der Waals surface area contributed by atoms with Gasteiger partial charge in [0, 0.05) is 49.5 Å². The molecule has 0 unspecified atom stereocenters. The van der Waals surface area contributed by atoms with Gasteiger partial charge in [-0.2, -0.15) is 0 Å². The fourth-order valence-corrected chi connectivity index (χ4v) is 7.49. The van der Waals surface area contributed by atoms with Crippen molar-refractivity contribution >= 4 is 42.1 Å². The summed E-state index contributed by atoms with van der Waals surface area (Å²) < 4.78 is 0. The first-order valence-electron chi connectivity index (χ1n) is 23.1. The normalized spacial score (nSPS) is 13.7. The number of aryl methyl sites for hydroxylation is 1. The molecule has 10 N–H and O–H groups in total. The Bertz CT molecular complexity index is 1660. The Hall–Kier alpha value is -4.08. The molecule has 0 fully saturated rings. The van der Waals surface area contributed by atoms with E-state index in [1.807, 2.05) is 24.3 Å². The Kier molecular flexibility index (Phi) is 26.9. The van der Waals surface area contributed by atoms with Gasteiger partial charge in [0.15, 0.2) is 17.3 Å². The molecule has 344 valence electrons. The maximum atomic E-state index is 13.9. The number of carbonyl (C=O) groups excluding carboxylic acids is 6. The van der Waals surface area contributed by atoms with Crippen LogP contribution in [0.15, 0.2) is 48.5 Å². The minimum atomic E-state index is -1.68. The van der Waals surface area contributed by atoms with Crippen LogP contribution < -0.4 is 27.8 Å². The van der Waals surface area contributed by atoms with Crippen molar-refractivity contribution in [3.8, 4) is 11.1 Å². The Balaban J connectivity index is 2.07. The van der Waals surface area contributed by atoms with Crippen LogP contribution in [0.1, 0.15) is 152 Å². The van der Waals surface area contributed by atoms with E-state index < -0.39 is 48.7 Å². The second kappa shape index (κ2) is 30.9. The summed E-state index contributed by atoms with van der Waals surface area (Å²) in [6, 6.07) is 14.2. The third-order valence-electron chi connectivity index (χ3n) is 11.7. The van der Waals surface area contributed by atoms with Crippen molar-refractivity contribution in [3.05, 3.63) is 59.7 Å². The van der Waals surface area contributed by atoms with Gasteiger partial charge in [0.2, 0.25) is 11.8 Å². The minimum Gasteiger partial charge on any atom is -0.427 e. The van der Waals surface area contributed by atoms with Crippen molar-refractivity contribution in [3.63, 3.8) is 0 Å².